The van der Waals surface area contributed by atoms with Crippen LogP contribution in [0.3, 0.4) is 0 Å². The first-order chi connectivity index (χ1) is 10.3. The number of benzene rings is 1. The van der Waals surface area contributed by atoms with Crippen LogP contribution in [0, 0.1) is 0 Å². The first-order valence-electron chi connectivity index (χ1n) is 7.02. The van der Waals surface area contributed by atoms with Crippen LogP contribution in [-0.2, 0) is 9.53 Å². The number of H-pyrrole nitrogens is 1. The molecule has 2 heterocycles. The number of carbonyl (C=O) groups excluding carboxylic acids is 1. The summed E-state index contributed by atoms with van der Waals surface area (Å²) in [5.41, 5.74) is 8.18. The lowest BCUT2D eigenvalue weighted by atomic mass is 10.1. The number of aromatic amines is 1. The van der Waals surface area contributed by atoms with Gasteiger partial charge in [-0.25, -0.2) is 0 Å². The Morgan fingerprint density at radius 1 is 1.43 bits per heavy atom. The van der Waals surface area contributed by atoms with Crippen LogP contribution in [0.2, 0.25) is 0 Å². The van der Waals surface area contributed by atoms with Gasteiger partial charge in [-0.3, -0.25) is 9.89 Å². The Labute approximate surface area is 122 Å². The zero-order valence-electron chi connectivity index (χ0n) is 11.6. The summed E-state index contributed by atoms with van der Waals surface area (Å²) in [5.74, 6) is -0.118. The molecule has 1 fully saturated rings. The van der Waals surface area contributed by atoms with Gasteiger partial charge >= 0.3 is 0 Å². The summed E-state index contributed by atoms with van der Waals surface area (Å²) < 4.78 is 5.59. The Bertz CT molecular complexity index is 612. The number of nitrogens with one attached hydrogen (secondary N) is 2. The fourth-order valence-corrected chi connectivity index (χ4v) is 2.48. The highest BCUT2D eigenvalue weighted by atomic mass is 16.5. The standard InChI is InChI=1S/C15H18N4O2/c16-9-12-4-5-14(21-12)15(20)18-11-3-1-2-10(8-11)13-6-7-17-19-13/h1-3,6-8,12,14H,4-5,9,16H2,(H,17,19)(H,18,20). The van der Waals surface area contributed by atoms with Gasteiger partial charge in [0.15, 0.2) is 0 Å². The van der Waals surface area contributed by atoms with Crippen molar-refractivity contribution < 1.29 is 9.53 Å². The Hall–Kier alpha value is -2.18. The van der Waals surface area contributed by atoms with Crippen molar-refractivity contribution in [3.05, 3.63) is 36.5 Å². The molecular weight excluding hydrogens is 268 g/mol. The topological polar surface area (TPSA) is 93.0 Å². The van der Waals surface area contributed by atoms with Crippen molar-refractivity contribution in [3.8, 4) is 11.3 Å². The number of hydrogen-bond acceptors (Lipinski definition) is 4. The molecule has 110 valence electrons. The van der Waals surface area contributed by atoms with Crippen molar-refractivity contribution in [1.82, 2.24) is 10.2 Å². The Morgan fingerprint density at radius 2 is 2.33 bits per heavy atom. The second-order valence-corrected chi connectivity index (χ2v) is 5.10. The van der Waals surface area contributed by atoms with Crippen LogP contribution in [0.5, 0.6) is 0 Å². The molecule has 1 aromatic carbocycles. The van der Waals surface area contributed by atoms with Gasteiger partial charge in [-0.1, -0.05) is 12.1 Å². The highest BCUT2D eigenvalue weighted by Crippen LogP contribution is 2.23. The van der Waals surface area contributed by atoms with Gasteiger partial charge in [0, 0.05) is 24.0 Å². The SMILES string of the molecule is NCC1CCC(C(=O)Nc2cccc(-c3ccn[nH]3)c2)O1. The summed E-state index contributed by atoms with van der Waals surface area (Å²) in [4.78, 5) is 12.2. The highest BCUT2D eigenvalue weighted by molar-refractivity contribution is 5.94. The number of anilines is 1. The molecule has 6 nitrogen and oxygen atoms in total. The fraction of sp³-hybridized carbons (Fsp3) is 0.333. The van der Waals surface area contributed by atoms with Crippen molar-refractivity contribution >= 4 is 11.6 Å². The van der Waals surface area contributed by atoms with Gasteiger partial charge in [0.05, 0.1) is 11.8 Å². The zero-order valence-corrected chi connectivity index (χ0v) is 11.6. The summed E-state index contributed by atoms with van der Waals surface area (Å²) in [6, 6.07) is 9.49. The van der Waals surface area contributed by atoms with Gasteiger partial charge in [0.2, 0.25) is 0 Å². The molecule has 3 rings (SSSR count). The smallest absolute Gasteiger partial charge is 0.253 e. The maximum Gasteiger partial charge on any atom is 0.253 e. The molecule has 1 aliphatic rings. The van der Waals surface area contributed by atoms with E-state index in [2.05, 4.69) is 15.5 Å². The maximum absolute atomic E-state index is 12.2. The molecule has 21 heavy (non-hydrogen) atoms. The number of amides is 1. The van der Waals surface area contributed by atoms with E-state index in [1.807, 2.05) is 30.3 Å². The minimum absolute atomic E-state index is 0.00271. The lowest BCUT2D eigenvalue weighted by Gasteiger charge is -2.13. The average molecular weight is 286 g/mol. The quantitative estimate of drug-likeness (QED) is 0.794. The number of nitrogens with zero attached hydrogens (tertiary/aromatic N) is 1. The molecule has 0 bridgehead atoms. The molecule has 6 heteroatoms. The molecule has 2 aromatic rings. The van der Waals surface area contributed by atoms with Crippen LogP contribution < -0.4 is 11.1 Å². The molecule has 1 aliphatic heterocycles. The molecule has 4 N–H and O–H groups in total. The van der Waals surface area contributed by atoms with E-state index in [0.717, 1.165) is 23.4 Å². The number of carbonyl (C=O) groups is 1. The van der Waals surface area contributed by atoms with Crippen LogP contribution in [-0.4, -0.2) is 34.9 Å². The third-order valence-corrected chi connectivity index (χ3v) is 3.60. The molecule has 1 aromatic heterocycles. The van der Waals surface area contributed by atoms with Crippen molar-refractivity contribution in [3.63, 3.8) is 0 Å². The van der Waals surface area contributed by atoms with Crippen LogP contribution >= 0.6 is 0 Å². The van der Waals surface area contributed by atoms with Crippen molar-refractivity contribution in [2.24, 2.45) is 5.73 Å². The molecule has 0 radical (unpaired) electrons. The van der Waals surface area contributed by atoms with E-state index < -0.39 is 6.10 Å². The molecule has 2 atom stereocenters. The predicted octanol–water partition coefficient (Wildman–Crippen LogP) is 1.52. The average Bonchev–Trinajstić information content (AvgIpc) is 3.19. The number of nitrogens with two attached hydrogens (primary N) is 1. The molecule has 1 saturated heterocycles. The zero-order chi connectivity index (χ0) is 14.7. The van der Waals surface area contributed by atoms with Gasteiger partial charge < -0.3 is 15.8 Å². The Kier molecular flexibility index (Phi) is 3.98. The fourth-order valence-electron chi connectivity index (χ4n) is 2.48. The maximum atomic E-state index is 12.2. The van der Waals surface area contributed by atoms with E-state index in [-0.39, 0.29) is 12.0 Å². The third kappa shape index (κ3) is 3.12. The molecular formula is C15H18N4O2. The second kappa shape index (κ2) is 6.07. The van der Waals surface area contributed by atoms with Crippen LogP contribution in [0.25, 0.3) is 11.3 Å². The summed E-state index contributed by atoms with van der Waals surface area (Å²) >= 11 is 0. The highest BCUT2D eigenvalue weighted by Gasteiger charge is 2.29. The summed E-state index contributed by atoms with van der Waals surface area (Å²) in [7, 11) is 0. The lowest BCUT2D eigenvalue weighted by molar-refractivity contribution is -0.126. The van der Waals surface area contributed by atoms with Gasteiger partial charge in [-0.2, -0.15) is 5.10 Å². The van der Waals surface area contributed by atoms with E-state index in [1.54, 1.807) is 6.20 Å². The monoisotopic (exact) mass is 286 g/mol. The number of aromatic nitrogens is 2. The van der Waals surface area contributed by atoms with E-state index >= 15 is 0 Å². The number of hydrogen-bond donors (Lipinski definition) is 3. The van der Waals surface area contributed by atoms with Crippen molar-refractivity contribution in [1.29, 1.82) is 0 Å². The molecule has 0 saturated carbocycles. The van der Waals surface area contributed by atoms with Crippen LogP contribution in [0.1, 0.15) is 12.8 Å². The Morgan fingerprint density at radius 3 is 3.05 bits per heavy atom. The summed E-state index contributed by atoms with van der Waals surface area (Å²) in [6.07, 6.45) is 2.84. The first-order valence-corrected chi connectivity index (χ1v) is 7.02. The Balaban J connectivity index is 1.68. The van der Waals surface area contributed by atoms with Crippen molar-refractivity contribution in [2.45, 2.75) is 25.0 Å². The molecule has 0 aliphatic carbocycles. The van der Waals surface area contributed by atoms with E-state index in [0.29, 0.717) is 13.0 Å². The second-order valence-electron chi connectivity index (χ2n) is 5.10. The molecule has 2 unspecified atom stereocenters. The van der Waals surface area contributed by atoms with Crippen LogP contribution in [0.15, 0.2) is 36.5 Å². The minimum atomic E-state index is -0.408. The summed E-state index contributed by atoms with van der Waals surface area (Å²) in [5, 5.41) is 9.72. The van der Waals surface area contributed by atoms with E-state index in [4.69, 9.17) is 10.5 Å². The van der Waals surface area contributed by atoms with Gasteiger partial charge in [-0.05, 0) is 31.0 Å². The summed E-state index contributed by atoms with van der Waals surface area (Å²) in [6.45, 7) is 0.457. The van der Waals surface area contributed by atoms with E-state index in [9.17, 15) is 4.79 Å². The lowest BCUT2D eigenvalue weighted by Crippen LogP contribution is -2.29. The van der Waals surface area contributed by atoms with E-state index in [1.165, 1.54) is 0 Å². The van der Waals surface area contributed by atoms with Crippen molar-refractivity contribution in [2.75, 3.05) is 11.9 Å². The predicted molar refractivity (Wildman–Crippen MR) is 79.6 cm³/mol. The largest absolute Gasteiger partial charge is 0.364 e. The molecule has 1 amide bonds. The van der Waals surface area contributed by atoms with Crippen LogP contribution in [0.4, 0.5) is 5.69 Å². The number of ether oxygens (including phenoxy) is 1. The van der Waals surface area contributed by atoms with Gasteiger partial charge in [0.25, 0.3) is 5.91 Å². The molecule has 0 spiro atoms. The number of rotatable bonds is 4. The minimum Gasteiger partial charge on any atom is -0.364 e. The third-order valence-electron chi connectivity index (χ3n) is 3.60. The van der Waals surface area contributed by atoms with Gasteiger partial charge in [-0.15, -0.1) is 0 Å². The van der Waals surface area contributed by atoms with Gasteiger partial charge in [0.1, 0.15) is 6.10 Å². The normalized spacial score (nSPS) is 21.4. The first kappa shape index (κ1) is 13.8.